The lowest BCUT2D eigenvalue weighted by molar-refractivity contribution is -0.206. The number of hydrogen-bond acceptors (Lipinski definition) is 12. The van der Waals surface area contributed by atoms with Crippen LogP contribution in [-0.4, -0.2) is 52.9 Å². The summed E-state index contributed by atoms with van der Waals surface area (Å²) in [5.41, 5.74) is 4.64. The van der Waals surface area contributed by atoms with Crippen LogP contribution in [0.2, 0.25) is 0 Å². The summed E-state index contributed by atoms with van der Waals surface area (Å²) in [6.45, 7) is 14.3. The number of unbranched alkanes of at least 4 members (excludes halogenated alkanes) is 3. The molecule has 4 aromatic rings. The van der Waals surface area contributed by atoms with Gasteiger partial charge in [0.1, 0.15) is 23.3 Å². The zero-order valence-electron chi connectivity index (χ0n) is 42.9. The molecule has 0 unspecified atom stereocenters. The van der Waals surface area contributed by atoms with Crippen LogP contribution in [0.1, 0.15) is 168 Å². The normalized spacial score (nSPS) is 23.4. The van der Waals surface area contributed by atoms with Gasteiger partial charge in [0.15, 0.2) is 25.2 Å². The van der Waals surface area contributed by atoms with E-state index in [0.29, 0.717) is 53.6 Å². The monoisotopic (exact) mass is 1000 g/mol. The van der Waals surface area contributed by atoms with Crippen molar-refractivity contribution in [3.05, 3.63) is 141 Å². The van der Waals surface area contributed by atoms with Crippen LogP contribution in [0, 0.1) is 80.6 Å². The molecule has 4 aliphatic heterocycles. The highest BCUT2D eigenvalue weighted by Gasteiger charge is 2.27. The highest BCUT2D eigenvalue weighted by molar-refractivity contribution is 5.36. The van der Waals surface area contributed by atoms with Crippen molar-refractivity contribution in [2.24, 2.45) is 23.7 Å². The molecule has 4 aromatic carbocycles. The fourth-order valence-electron chi connectivity index (χ4n) is 8.58. The summed E-state index contributed by atoms with van der Waals surface area (Å²) in [5.74, 6) is 0.130. The lowest BCUT2D eigenvalue weighted by Crippen LogP contribution is -2.27. The first kappa shape index (κ1) is 58.3. The maximum atomic E-state index is 13.5. The van der Waals surface area contributed by atoms with Gasteiger partial charge in [-0.15, -0.1) is 0 Å². The van der Waals surface area contributed by atoms with E-state index in [0.717, 1.165) is 87.7 Å². The van der Waals surface area contributed by atoms with Crippen LogP contribution >= 0.6 is 0 Å². The van der Waals surface area contributed by atoms with Gasteiger partial charge in [-0.2, -0.15) is 21.0 Å². The second-order valence-corrected chi connectivity index (χ2v) is 18.8. The van der Waals surface area contributed by atoms with Crippen molar-refractivity contribution in [2.75, 3.05) is 52.9 Å². The van der Waals surface area contributed by atoms with E-state index in [1.54, 1.807) is 36.4 Å². The molecule has 0 saturated carbocycles. The zero-order valence-corrected chi connectivity index (χ0v) is 42.9. The van der Waals surface area contributed by atoms with Gasteiger partial charge < -0.3 is 37.9 Å². The molecular formula is C59H72F2N4O8. The van der Waals surface area contributed by atoms with Gasteiger partial charge in [-0.25, -0.2) is 8.78 Å². The Bertz CT molecular complexity index is 2340. The second kappa shape index (κ2) is 32.5. The zero-order chi connectivity index (χ0) is 52.2. The SMILES string of the molecule is CCCC1COC(c2cc(F)c(C#N)c(F)c2)OC1.CCCC1COC(c2ccc(C#N)cc2)OC1.CCCCC1COC(c2ccc(C#N)cc2)OC1.CCCCCC1COC(c2ccc(C#N)cc2)OC1. The average molecular weight is 1000 g/mol. The van der Waals surface area contributed by atoms with Crippen molar-refractivity contribution < 1.29 is 46.7 Å². The molecule has 4 heterocycles. The Morgan fingerprint density at radius 2 is 0.658 bits per heavy atom. The fraction of sp³-hybridized carbons (Fsp3) is 0.525. The van der Waals surface area contributed by atoms with Crippen molar-refractivity contribution >= 4 is 0 Å². The van der Waals surface area contributed by atoms with Crippen molar-refractivity contribution in [3.8, 4) is 24.3 Å². The molecule has 0 bridgehead atoms. The van der Waals surface area contributed by atoms with Crippen molar-refractivity contribution in [2.45, 2.75) is 123 Å². The minimum atomic E-state index is -0.889. The van der Waals surface area contributed by atoms with Gasteiger partial charge in [-0.1, -0.05) is 109 Å². The molecule has 0 aromatic heterocycles. The van der Waals surface area contributed by atoms with Crippen LogP contribution in [0.15, 0.2) is 84.9 Å². The van der Waals surface area contributed by atoms with E-state index in [-0.39, 0.29) is 24.4 Å². The summed E-state index contributed by atoms with van der Waals surface area (Å²) in [4.78, 5) is 0. The van der Waals surface area contributed by atoms with Gasteiger partial charge >= 0.3 is 0 Å². The first-order chi connectivity index (χ1) is 35.6. The highest BCUT2D eigenvalue weighted by Crippen LogP contribution is 2.31. The number of halogens is 2. The van der Waals surface area contributed by atoms with Gasteiger partial charge in [0.2, 0.25) is 0 Å². The quantitative estimate of drug-likeness (QED) is 0.103. The van der Waals surface area contributed by atoms with Gasteiger partial charge in [0.25, 0.3) is 0 Å². The van der Waals surface area contributed by atoms with Crippen LogP contribution in [0.5, 0.6) is 0 Å². The Kier molecular flexibility index (Phi) is 26.0. The summed E-state index contributed by atoms with van der Waals surface area (Å²) < 4.78 is 72.4. The highest BCUT2D eigenvalue weighted by atomic mass is 19.1. The van der Waals surface area contributed by atoms with E-state index < -0.39 is 23.5 Å². The number of nitriles is 4. The first-order valence-electron chi connectivity index (χ1n) is 26.0. The van der Waals surface area contributed by atoms with Gasteiger partial charge in [-0.05, 0) is 74.2 Å². The predicted molar refractivity (Wildman–Crippen MR) is 271 cm³/mol. The minimum Gasteiger partial charge on any atom is -0.348 e. The summed E-state index contributed by atoms with van der Waals surface area (Å²) >= 11 is 0. The van der Waals surface area contributed by atoms with E-state index >= 15 is 0 Å². The summed E-state index contributed by atoms with van der Waals surface area (Å²) in [7, 11) is 0. The molecule has 390 valence electrons. The standard InChI is InChI=1S/C16H21NO2.C15H19NO2.C14H15F2NO2.C14H17NO2/c1-2-3-4-5-14-11-18-16(19-12-14)15-8-6-13(10-17)7-9-15;1-2-3-4-13-10-17-15(18-11-13)14-7-5-12(9-16)6-8-14;1-2-3-9-7-18-14(19-8-9)10-4-12(15)11(6-17)13(16)5-10;1-2-3-12-9-16-14(17-10-12)13-6-4-11(8-15)5-7-13/h6-9,14,16H,2-5,11-12H2,1H3;5-8,13,15H,2-4,10-11H2,1H3;4-5,9,14H,2-3,7-8H2,1H3;4-7,12,14H,2-3,9-10H2,1H3. The summed E-state index contributed by atoms with van der Waals surface area (Å²) in [5, 5.41) is 34.8. The number of benzene rings is 4. The van der Waals surface area contributed by atoms with E-state index in [1.807, 2.05) is 36.4 Å². The molecule has 0 atom stereocenters. The molecule has 0 N–H and O–H groups in total. The smallest absolute Gasteiger partial charge is 0.184 e. The Hall–Kier alpha value is -5.62. The van der Waals surface area contributed by atoms with Gasteiger partial charge in [-0.3, -0.25) is 0 Å². The average Bonchev–Trinajstić information content (AvgIpc) is 3.44. The van der Waals surface area contributed by atoms with Crippen LogP contribution in [0.25, 0.3) is 0 Å². The fourth-order valence-corrected chi connectivity index (χ4v) is 8.58. The third-order valence-electron chi connectivity index (χ3n) is 12.8. The van der Waals surface area contributed by atoms with Gasteiger partial charge in [0, 0.05) is 45.9 Å². The number of rotatable bonds is 15. The van der Waals surface area contributed by atoms with E-state index in [2.05, 4.69) is 45.9 Å². The van der Waals surface area contributed by atoms with E-state index in [1.165, 1.54) is 57.4 Å². The molecule has 4 aliphatic rings. The largest absolute Gasteiger partial charge is 0.348 e. The number of nitrogens with zero attached hydrogens (tertiary/aromatic N) is 4. The molecule has 4 fully saturated rings. The van der Waals surface area contributed by atoms with E-state index in [9.17, 15) is 8.78 Å². The molecule has 4 saturated heterocycles. The molecule has 8 rings (SSSR count). The minimum absolute atomic E-state index is 0.268. The molecule has 0 spiro atoms. The number of hydrogen-bond donors (Lipinski definition) is 0. The molecule has 12 nitrogen and oxygen atoms in total. The Labute approximate surface area is 431 Å². The maximum absolute atomic E-state index is 13.5. The second-order valence-electron chi connectivity index (χ2n) is 18.8. The number of ether oxygens (including phenoxy) is 8. The lowest BCUT2D eigenvalue weighted by Gasteiger charge is -2.29. The summed E-state index contributed by atoms with van der Waals surface area (Å²) in [6, 6.07) is 32.1. The Morgan fingerprint density at radius 3 is 0.932 bits per heavy atom. The molecule has 0 amide bonds. The van der Waals surface area contributed by atoms with Crippen molar-refractivity contribution in [1.29, 1.82) is 21.0 Å². The molecule has 0 radical (unpaired) electrons. The molecule has 0 aliphatic carbocycles. The Morgan fingerprint density at radius 1 is 0.370 bits per heavy atom. The summed E-state index contributed by atoms with van der Waals surface area (Å²) in [6.07, 6.45) is 11.4. The molecular weight excluding hydrogens is 931 g/mol. The van der Waals surface area contributed by atoms with E-state index in [4.69, 9.17) is 58.9 Å². The third kappa shape index (κ3) is 19.3. The molecule has 14 heteroatoms. The topological polar surface area (TPSA) is 169 Å². The van der Waals surface area contributed by atoms with Crippen LogP contribution in [0.3, 0.4) is 0 Å². The maximum Gasteiger partial charge on any atom is 0.184 e. The van der Waals surface area contributed by atoms with Crippen LogP contribution in [-0.2, 0) is 37.9 Å². The van der Waals surface area contributed by atoms with Crippen LogP contribution < -0.4 is 0 Å². The molecule has 73 heavy (non-hydrogen) atoms. The lowest BCUT2D eigenvalue weighted by atomic mass is 10.0. The van der Waals surface area contributed by atoms with Crippen molar-refractivity contribution in [3.63, 3.8) is 0 Å². The first-order valence-corrected chi connectivity index (χ1v) is 26.0. The van der Waals surface area contributed by atoms with Gasteiger partial charge in [0.05, 0.1) is 87.8 Å². The third-order valence-corrected chi connectivity index (χ3v) is 12.8. The van der Waals surface area contributed by atoms with Crippen molar-refractivity contribution in [1.82, 2.24) is 0 Å². The van der Waals surface area contributed by atoms with Crippen LogP contribution in [0.4, 0.5) is 8.78 Å². The Balaban J connectivity index is 0.000000181. The predicted octanol–water partition coefficient (Wildman–Crippen LogP) is 13.5.